The summed E-state index contributed by atoms with van der Waals surface area (Å²) < 4.78 is 2.92. The second-order valence-electron chi connectivity index (χ2n) is 3.68. The lowest BCUT2D eigenvalue weighted by atomic mass is 10.2. The monoisotopic (exact) mass is 269 g/mol. The van der Waals surface area contributed by atoms with Crippen molar-refractivity contribution < 1.29 is 4.68 Å². The SMILES string of the molecule is C[n+]1[nH]c(=O)n2c(Cl)nc3cc(Cl)ccc3c21. The minimum absolute atomic E-state index is 0.108. The molecule has 0 spiro atoms. The summed E-state index contributed by atoms with van der Waals surface area (Å²) in [5.74, 6) is 0. The van der Waals surface area contributed by atoms with Crippen LogP contribution in [0.3, 0.4) is 0 Å². The maximum absolute atomic E-state index is 11.7. The second kappa shape index (κ2) is 3.45. The average Bonchev–Trinajstić information content (AvgIpc) is 2.55. The first kappa shape index (κ1) is 10.6. The van der Waals surface area contributed by atoms with Gasteiger partial charge in [0.25, 0.3) is 0 Å². The van der Waals surface area contributed by atoms with E-state index in [-0.39, 0.29) is 11.0 Å². The van der Waals surface area contributed by atoms with E-state index in [0.29, 0.717) is 16.2 Å². The molecule has 0 fully saturated rings. The minimum atomic E-state index is -0.322. The number of nitrogens with zero attached hydrogens (tertiary/aromatic N) is 3. The minimum Gasteiger partial charge on any atom is -0.216 e. The van der Waals surface area contributed by atoms with E-state index >= 15 is 0 Å². The third-order valence-corrected chi connectivity index (χ3v) is 3.08. The number of hydrogen-bond acceptors (Lipinski definition) is 2. The zero-order valence-electron chi connectivity index (χ0n) is 8.74. The predicted molar refractivity (Wildman–Crippen MR) is 64.5 cm³/mol. The molecule has 0 aliphatic carbocycles. The number of rotatable bonds is 0. The van der Waals surface area contributed by atoms with Crippen molar-refractivity contribution >= 4 is 39.8 Å². The second-order valence-corrected chi connectivity index (χ2v) is 4.45. The van der Waals surface area contributed by atoms with Crippen LogP contribution < -0.4 is 10.4 Å². The van der Waals surface area contributed by atoms with E-state index in [9.17, 15) is 4.79 Å². The molecule has 0 atom stereocenters. The lowest BCUT2D eigenvalue weighted by molar-refractivity contribution is -0.704. The van der Waals surface area contributed by atoms with Crippen LogP contribution in [0.5, 0.6) is 0 Å². The summed E-state index contributed by atoms with van der Waals surface area (Å²) in [6.45, 7) is 0. The van der Waals surface area contributed by atoms with Crippen molar-refractivity contribution in [3.63, 3.8) is 0 Å². The molecule has 2 heterocycles. The lowest BCUT2D eigenvalue weighted by Crippen LogP contribution is -2.32. The van der Waals surface area contributed by atoms with Crippen LogP contribution in [0.1, 0.15) is 0 Å². The standard InChI is InChI=1S/C10H6Cl2N4O/c1-15-8-6-3-2-5(11)4-7(6)13-9(12)16(8)10(17)14-15/h2-4H,1H3/p+1. The molecule has 2 aromatic heterocycles. The zero-order valence-corrected chi connectivity index (χ0v) is 10.2. The molecular weight excluding hydrogens is 263 g/mol. The number of benzene rings is 1. The Morgan fingerprint density at radius 1 is 1.41 bits per heavy atom. The van der Waals surface area contributed by atoms with Gasteiger partial charge in [-0.25, -0.2) is 4.79 Å². The molecule has 0 bridgehead atoms. The van der Waals surface area contributed by atoms with E-state index in [1.54, 1.807) is 23.9 Å². The van der Waals surface area contributed by atoms with Crippen molar-refractivity contribution in [2.24, 2.45) is 7.05 Å². The average molecular weight is 270 g/mol. The van der Waals surface area contributed by atoms with Crippen molar-refractivity contribution in [1.82, 2.24) is 14.5 Å². The van der Waals surface area contributed by atoms with Crippen molar-refractivity contribution in [1.29, 1.82) is 0 Å². The molecule has 3 aromatic rings. The highest BCUT2D eigenvalue weighted by atomic mass is 35.5. The van der Waals surface area contributed by atoms with Gasteiger partial charge in [0.2, 0.25) is 0 Å². The van der Waals surface area contributed by atoms with E-state index in [0.717, 1.165) is 5.39 Å². The quantitative estimate of drug-likeness (QED) is 0.494. The molecular formula is C10H7Cl2N4O+. The number of nitrogens with one attached hydrogen (secondary N) is 1. The Bertz CT molecular complexity index is 805. The van der Waals surface area contributed by atoms with Crippen molar-refractivity contribution in [2.45, 2.75) is 0 Å². The number of aromatic nitrogens is 4. The highest BCUT2D eigenvalue weighted by Crippen LogP contribution is 2.21. The van der Waals surface area contributed by atoms with Crippen molar-refractivity contribution in [3.8, 4) is 0 Å². The first-order chi connectivity index (χ1) is 8.08. The third-order valence-electron chi connectivity index (χ3n) is 2.59. The molecule has 17 heavy (non-hydrogen) atoms. The number of hydrogen-bond donors (Lipinski definition) is 1. The number of aryl methyl sites for hydroxylation is 1. The van der Waals surface area contributed by atoms with Crippen LogP contribution in [0.4, 0.5) is 0 Å². The number of aromatic amines is 1. The van der Waals surface area contributed by atoms with E-state index in [2.05, 4.69) is 10.1 Å². The molecule has 5 nitrogen and oxygen atoms in total. The summed E-state index contributed by atoms with van der Waals surface area (Å²) in [5.41, 5.74) is 0.982. The van der Waals surface area contributed by atoms with Gasteiger partial charge in [-0.3, -0.25) is 0 Å². The van der Waals surface area contributed by atoms with E-state index < -0.39 is 0 Å². The van der Waals surface area contributed by atoms with Crippen LogP contribution in [0.15, 0.2) is 23.0 Å². The molecule has 0 aliphatic heterocycles. The molecule has 0 saturated heterocycles. The Morgan fingerprint density at radius 2 is 2.18 bits per heavy atom. The van der Waals surface area contributed by atoms with Gasteiger partial charge in [-0.2, -0.15) is 14.8 Å². The van der Waals surface area contributed by atoms with Gasteiger partial charge < -0.3 is 0 Å². The van der Waals surface area contributed by atoms with Gasteiger partial charge in [-0.05, 0) is 29.8 Å². The highest BCUT2D eigenvalue weighted by molar-refractivity contribution is 6.31. The summed E-state index contributed by atoms with van der Waals surface area (Å²) in [5, 5.41) is 4.12. The van der Waals surface area contributed by atoms with Crippen molar-refractivity contribution in [2.75, 3.05) is 0 Å². The van der Waals surface area contributed by atoms with Crippen LogP contribution in [-0.2, 0) is 7.05 Å². The maximum Gasteiger partial charge on any atom is 0.451 e. The Balaban J connectivity index is 2.68. The molecule has 1 N–H and O–H groups in total. The third kappa shape index (κ3) is 1.43. The van der Waals surface area contributed by atoms with Crippen LogP contribution in [0, 0.1) is 0 Å². The highest BCUT2D eigenvalue weighted by Gasteiger charge is 2.20. The van der Waals surface area contributed by atoms with Crippen molar-refractivity contribution in [3.05, 3.63) is 39.0 Å². The van der Waals surface area contributed by atoms with Gasteiger partial charge in [-0.15, -0.1) is 4.40 Å². The lowest BCUT2D eigenvalue weighted by Gasteiger charge is -1.97. The zero-order chi connectivity index (χ0) is 12.2. The Kier molecular flexibility index (Phi) is 2.14. The van der Waals surface area contributed by atoms with Gasteiger partial charge in [0, 0.05) is 5.02 Å². The first-order valence-corrected chi connectivity index (χ1v) is 5.59. The molecule has 7 heteroatoms. The van der Waals surface area contributed by atoms with Crippen LogP contribution in [0.2, 0.25) is 10.3 Å². The van der Waals surface area contributed by atoms with Gasteiger partial charge in [0.1, 0.15) is 7.05 Å². The first-order valence-electron chi connectivity index (χ1n) is 4.83. The molecule has 0 radical (unpaired) electrons. The van der Waals surface area contributed by atoms with E-state index in [4.69, 9.17) is 23.2 Å². The van der Waals surface area contributed by atoms with Crippen LogP contribution >= 0.6 is 23.2 Å². The van der Waals surface area contributed by atoms with E-state index in [1.807, 2.05) is 6.07 Å². The molecule has 3 rings (SSSR count). The largest absolute Gasteiger partial charge is 0.451 e. The predicted octanol–water partition coefficient (Wildman–Crippen LogP) is 1.31. The molecule has 0 unspecified atom stereocenters. The summed E-state index contributed by atoms with van der Waals surface area (Å²) in [6, 6.07) is 5.26. The van der Waals surface area contributed by atoms with Crippen LogP contribution in [0.25, 0.3) is 16.6 Å². The smallest absolute Gasteiger partial charge is 0.216 e. The van der Waals surface area contributed by atoms with E-state index in [1.165, 1.54) is 4.40 Å². The fourth-order valence-corrected chi connectivity index (χ4v) is 2.31. The number of fused-ring (bicyclic) bond motifs is 3. The number of H-pyrrole nitrogens is 1. The summed E-state index contributed by atoms with van der Waals surface area (Å²) in [6.07, 6.45) is 0. The molecule has 0 saturated carbocycles. The summed E-state index contributed by atoms with van der Waals surface area (Å²) >= 11 is 11.9. The van der Waals surface area contributed by atoms with Gasteiger partial charge in [0.05, 0.1) is 10.9 Å². The normalized spacial score (nSPS) is 11.5. The topological polar surface area (TPSA) is 54.0 Å². The molecule has 86 valence electrons. The van der Waals surface area contributed by atoms with Gasteiger partial charge in [0.15, 0.2) is 0 Å². The maximum atomic E-state index is 11.7. The Labute approximate surface area is 105 Å². The number of halogens is 2. The summed E-state index contributed by atoms with van der Waals surface area (Å²) in [4.78, 5) is 15.8. The molecule has 1 aromatic carbocycles. The Morgan fingerprint density at radius 3 is 2.94 bits per heavy atom. The molecule has 0 amide bonds. The molecule has 0 aliphatic rings. The fourth-order valence-electron chi connectivity index (χ4n) is 1.90. The van der Waals surface area contributed by atoms with Gasteiger partial charge in [-0.1, -0.05) is 11.6 Å². The Hall–Kier alpha value is -1.59. The van der Waals surface area contributed by atoms with Gasteiger partial charge >= 0.3 is 16.6 Å². The van der Waals surface area contributed by atoms with Crippen LogP contribution in [-0.4, -0.2) is 14.5 Å². The summed E-state index contributed by atoms with van der Waals surface area (Å²) in [7, 11) is 1.74. The fraction of sp³-hybridized carbons (Fsp3) is 0.100.